The first-order valence-corrected chi connectivity index (χ1v) is 9.08. The van der Waals surface area contributed by atoms with Crippen LogP contribution in [0.1, 0.15) is 40.7 Å². The van der Waals surface area contributed by atoms with E-state index in [-0.39, 0.29) is 0 Å². The second-order valence-corrected chi connectivity index (χ2v) is 6.70. The van der Waals surface area contributed by atoms with Crippen LogP contribution in [0.5, 0.6) is 0 Å². The molecule has 4 heteroatoms. The number of likely N-dealkylation sites (tertiary alicyclic amines) is 1. The Kier molecular flexibility index (Phi) is 6.07. The summed E-state index contributed by atoms with van der Waals surface area (Å²) in [7, 11) is 0. The van der Waals surface area contributed by atoms with Crippen molar-refractivity contribution in [2.24, 2.45) is 0 Å². The highest BCUT2D eigenvalue weighted by Crippen LogP contribution is 2.14. The Morgan fingerprint density at radius 1 is 0.920 bits per heavy atom. The van der Waals surface area contributed by atoms with Crippen molar-refractivity contribution >= 4 is 11.7 Å². The lowest BCUT2D eigenvalue weighted by Gasteiger charge is -2.26. The molecule has 0 radical (unpaired) electrons. The molecule has 0 spiro atoms. The minimum Gasteiger partial charge on any atom is -0.478 e. The van der Waals surface area contributed by atoms with Crippen LogP contribution in [0.15, 0.2) is 48.5 Å². The highest BCUT2D eigenvalue weighted by atomic mass is 16.4. The van der Waals surface area contributed by atoms with Gasteiger partial charge in [-0.05, 0) is 67.7 Å². The SMILES string of the molecule is O=C(O)c1ccc(CNc2ccc(CCN3CCCCC3)cc2)cc1. The first-order valence-electron chi connectivity index (χ1n) is 9.08. The summed E-state index contributed by atoms with van der Waals surface area (Å²) in [6.45, 7) is 4.34. The van der Waals surface area contributed by atoms with Gasteiger partial charge in [-0.25, -0.2) is 4.79 Å². The van der Waals surface area contributed by atoms with Gasteiger partial charge in [-0.15, -0.1) is 0 Å². The van der Waals surface area contributed by atoms with Crippen LogP contribution in [-0.2, 0) is 13.0 Å². The van der Waals surface area contributed by atoms with Gasteiger partial charge in [-0.3, -0.25) is 0 Å². The molecule has 0 aromatic heterocycles. The Labute approximate surface area is 149 Å². The van der Waals surface area contributed by atoms with E-state index < -0.39 is 5.97 Å². The van der Waals surface area contributed by atoms with Crippen molar-refractivity contribution in [3.63, 3.8) is 0 Å². The zero-order chi connectivity index (χ0) is 17.5. The summed E-state index contributed by atoms with van der Waals surface area (Å²) >= 11 is 0. The monoisotopic (exact) mass is 338 g/mol. The van der Waals surface area contributed by atoms with Gasteiger partial charge in [0.1, 0.15) is 0 Å². The molecule has 1 aliphatic heterocycles. The van der Waals surface area contributed by atoms with E-state index in [4.69, 9.17) is 5.11 Å². The third-order valence-electron chi connectivity index (χ3n) is 4.82. The molecule has 2 aromatic rings. The van der Waals surface area contributed by atoms with Crippen molar-refractivity contribution in [3.8, 4) is 0 Å². The number of carboxylic acids is 1. The number of carbonyl (C=O) groups is 1. The van der Waals surface area contributed by atoms with Crippen molar-refractivity contribution in [1.29, 1.82) is 0 Å². The molecule has 1 aliphatic rings. The van der Waals surface area contributed by atoms with E-state index in [9.17, 15) is 4.79 Å². The number of hydrogen-bond acceptors (Lipinski definition) is 3. The summed E-state index contributed by atoms with van der Waals surface area (Å²) in [6, 6.07) is 15.6. The maximum absolute atomic E-state index is 10.9. The molecule has 0 aliphatic carbocycles. The van der Waals surface area contributed by atoms with Crippen molar-refractivity contribution in [3.05, 3.63) is 65.2 Å². The van der Waals surface area contributed by atoms with Gasteiger partial charge in [0.15, 0.2) is 0 Å². The van der Waals surface area contributed by atoms with Crippen LogP contribution in [0.25, 0.3) is 0 Å². The Balaban J connectivity index is 1.46. The standard InChI is InChI=1S/C21H26N2O2/c24-21(25)19-8-4-18(5-9-19)16-22-20-10-6-17(7-11-20)12-15-23-13-2-1-3-14-23/h4-11,22H,1-3,12-16H2,(H,24,25). The largest absolute Gasteiger partial charge is 0.478 e. The maximum atomic E-state index is 10.9. The molecular formula is C21H26N2O2. The number of nitrogens with one attached hydrogen (secondary N) is 1. The molecule has 0 unspecified atom stereocenters. The number of benzene rings is 2. The summed E-state index contributed by atoms with van der Waals surface area (Å²) in [5.41, 5.74) is 3.85. The lowest BCUT2D eigenvalue weighted by molar-refractivity contribution is 0.0697. The highest BCUT2D eigenvalue weighted by Gasteiger charge is 2.09. The van der Waals surface area contributed by atoms with Crippen LogP contribution >= 0.6 is 0 Å². The zero-order valence-electron chi connectivity index (χ0n) is 14.6. The number of carboxylic acid groups (broad SMARTS) is 1. The van der Waals surface area contributed by atoms with Gasteiger partial charge in [-0.2, -0.15) is 0 Å². The van der Waals surface area contributed by atoms with Crippen molar-refractivity contribution in [2.45, 2.75) is 32.2 Å². The number of nitrogens with zero attached hydrogens (tertiary/aromatic N) is 1. The second-order valence-electron chi connectivity index (χ2n) is 6.70. The fraction of sp³-hybridized carbons (Fsp3) is 0.381. The molecule has 0 saturated carbocycles. The summed E-state index contributed by atoms with van der Waals surface area (Å²) in [5, 5.41) is 12.3. The number of piperidine rings is 1. The van der Waals surface area contributed by atoms with E-state index in [2.05, 4.69) is 34.5 Å². The van der Waals surface area contributed by atoms with Gasteiger partial charge >= 0.3 is 5.97 Å². The molecule has 1 heterocycles. The molecule has 25 heavy (non-hydrogen) atoms. The molecule has 0 amide bonds. The number of anilines is 1. The quantitative estimate of drug-likeness (QED) is 0.800. The van der Waals surface area contributed by atoms with Crippen LogP contribution in [0, 0.1) is 0 Å². The smallest absolute Gasteiger partial charge is 0.335 e. The van der Waals surface area contributed by atoms with Gasteiger partial charge < -0.3 is 15.3 Å². The topological polar surface area (TPSA) is 52.6 Å². The Bertz CT molecular complexity index is 674. The fourth-order valence-electron chi connectivity index (χ4n) is 3.23. The van der Waals surface area contributed by atoms with Gasteiger partial charge in [0, 0.05) is 18.8 Å². The molecule has 1 saturated heterocycles. The molecule has 4 nitrogen and oxygen atoms in total. The third-order valence-corrected chi connectivity index (χ3v) is 4.82. The van der Waals surface area contributed by atoms with Gasteiger partial charge in [0.05, 0.1) is 5.56 Å². The molecule has 0 bridgehead atoms. The van der Waals surface area contributed by atoms with Gasteiger partial charge in [0.25, 0.3) is 0 Å². The summed E-state index contributed by atoms with van der Waals surface area (Å²) < 4.78 is 0. The summed E-state index contributed by atoms with van der Waals surface area (Å²) in [5.74, 6) is -0.889. The van der Waals surface area contributed by atoms with E-state index in [0.29, 0.717) is 12.1 Å². The molecule has 2 N–H and O–H groups in total. The van der Waals surface area contributed by atoms with E-state index in [1.54, 1.807) is 12.1 Å². The predicted molar refractivity (Wildman–Crippen MR) is 101 cm³/mol. The van der Waals surface area contributed by atoms with Crippen LogP contribution < -0.4 is 5.32 Å². The molecule has 0 atom stereocenters. The van der Waals surface area contributed by atoms with Crippen LogP contribution in [0.2, 0.25) is 0 Å². The lowest BCUT2D eigenvalue weighted by atomic mass is 10.1. The van der Waals surface area contributed by atoms with Crippen molar-refractivity contribution in [2.75, 3.05) is 25.0 Å². The summed E-state index contributed by atoms with van der Waals surface area (Å²) in [6.07, 6.45) is 5.18. The zero-order valence-corrected chi connectivity index (χ0v) is 14.6. The fourth-order valence-corrected chi connectivity index (χ4v) is 3.23. The second kappa shape index (κ2) is 8.67. The van der Waals surface area contributed by atoms with E-state index in [1.807, 2.05) is 12.1 Å². The average molecular weight is 338 g/mol. The Morgan fingerprint density at radius 3 is 2.20 bits per heavy atom. The van der Waals surface area contributed by atoms with Crippen molar-refractivity contribution < 1.29 is 9.90 Å². The molecular weight excluding hydrogens is 312 g/mol. The van der Waals surface area contributed by atoms with E-state index in [0.717, 1.165) is 24.2 Å². The maximum Gasteiger partial charge on any atom is 0.335 e. The van der Waals surface area contributed by atoms with Crippen LogP contribution in [0.4, 0.5) is 5.69 Å². The van der Waals surface area contributed by atoms with Crippen molar-refractivity contribution in [1.82, 2.24) is 4.90 Å². The highest BCUT2D eigenvalue weighted by molar-refractivity contribution is 5.87. The molecule has 3 rings (SSSR count). The minimum atomic E-state index is -0.889. The predicted octanol–water partition coefficient (Wildman–Crippen LogP) is 4.03. The average Bonchev–Trinajstić information content (AvgIpc) is 2.67. The van der Waals surface area contributed by atoms with Crippen LogP contribution in [-0.4, -0.2) is 35.6 Å². The number of rotatable bonds is 7. The van der Waals surface area contributed by atoms with Gasteiger partial charge in [-0.1, -0.05) is 30.7 Å². The minimum absolute atomic E-state index is 0.321. The normalized spacial score (nSPS) is 15.0. The third kappa shape index (κ3) is 5.33. The first-order chi connectivity index (χ1) is 12.2. The molecule has 1 fully saturated rings. The summed E-state index contributed by atoms with van der Waals surface area (Å²) in [4.78, 5) is 13.4. The van der Waals surface area contributed by atoms with E-state index in [1.165, 1.54) is 37.9 Å². The van der Waals surface area contributed by atoms with Crippen LogP contribution in [0.3, 0.4) is 0 Å². The number of hydrogen-bond donors (Lipinski definition) is 2. The molecule has 132 valence electrons. The first kappa shape index (κ1) is 17.5. The molecule has 2 aromatic carbocycles. The Hall–Kier alpha value is -2.33. The lowest BCUT2D eigenvalue weighted by Crippen LogP contribution is -2.31. The van der Waals surface area contributed by atoms with E-state index >= 15 is 0 Å². The Morgan fingerprint density at radius 2 is 1.56 bits per heavy atom. The number of aromatic carboxylic acids is 1. The van der Waals surface area contributed by atoms with Gasteiger partial charge in [0.2, 0.25) is 0 Å².